The van der Waals surface area contributed by atoms with Gasteiger partial charge in [-0.3, -0.25) is 9.59 Å². The predicted octanol–water partition coefficient (Wildman–Crippen LogP) is 9.78. The van der Waals surface area contributed by atoms with E-state index in [1.807, 2.05) is 0 Å². The van der Waals surface area contributed by atoms with Crippen molar-refractivity contribution in [3.05, 3.63) is 12.2 Å². The normalized spacial score (nSPS) is 12.2. The van der Waals surface area contributed by atoms with Crippen LogP contribution in [-0.4, -0.2) is 36.4 Å². The highest BCUT2D eigenvalue weighted by Gasteiger charge is 2.16. The standard InChI is InChI=1S/C34H64O5/c1-3-5-7-9-11-13-15-17-19-20-22-24-26-28-33(36)38-31-32(30-35)39-34(37)29-27-25-23-21-18-16-14-12-10-8-6-4-2/h13,15,32,35H,3-12,14,16-31H2,1-2H3/t32-/m0/s1. The van der Waals surface area contributed by atoms with Crippen molar-refractivity contribution < 1.29 is 24.2 Å². The second-order valence-corrected chi connectivity index (χ2v) is 11.2. The van der Waals surface area contributed by atoms with Crippen molar-refractivity contribution in [3.8, 4) is 0 Å². The highest BCUT2D eigenvalue weighted by Crippen LogP contribution is 2.13. The van der Waals surface area contributed by atoms with E-state index >= 15 is 0 Å². The van der Waals surface area contributed by atoms with Crippen LogP contribution in [0.3, 0.4) is 0 Å². The summed E-state index contributed by atoms with van der Waals surface area (Å²) in [5.74, 6) is -0.597. The number of esters is 2. The molecule has 0 bridgehead atoms. The highest BCUT2D eigenvalue weighted by molar-refractivity contribution is 5.70. The minimum atomic E-state index is -0.765. The van der Waals surface area contributed by atoms with Crippen LogP contribution in [-0.2, 0) is 19.1 Å². The van der Waals surface area contributed by atoms with Crippen LogP contribution in [0, 0.1) is 0 Å². The Morgan fingerprint density at radius 1 is 0.564 bits per heavy atom. The summed E-state index contributed by atoms with van der Waals surface area (Å²) in [4.78, 5) is 24.1. The average molecular weight is 553 g/mol. The van der Waals surface area contributed by atoms with Crippen LogP contribution in [0.5, 0.6) is 0 Å². The number of unbranched alkanes of at least 4 members (excludes halogenated alkanes) is 20. The fourth-order valence-electron chi connectivity index (χ4n) is 4.72. The fraction of sp³-hybridized carbons (Fsp3) is 0.882. The maximum atomic E-state index is 12.1. The third kappa shape index (κ3) is 29.4. The molecule has 0 aliphatic rings. The lowest BCUT2D eigenvalue weighted by molar-refractivity contribution is -0.161. The molecule has 0 aromatic heterocycles. The summed E-state index contributed by atoms with van der Waals surface area (Å²) in [7, 11) is 0. The molecule has 0 saturated heterocycles. The molecule has 1 N–H and O–H groups in total. The van der Waals surface area contributed by atoms with Crippen LogP contribution in [0.15, 0.2) is 12.2 Å². The summed E-state index contributed by atoms with van der Waals surface area (Å²) in [6, 6.07) is 0. The lowest BCUT2D eigenvalue weighted by atomic mass is 10.0. The molecule has 0 amide bonds. The van der Waals surface area contributed by atoms with Gasteiger partial charge in [0.05, 0.1) is 6.61 Å². The summed E-state index contributed by atoms with van der Waals surface area (Å²) in [6.07, 6.45) is 32.6. The molecule has 0 saturated carbocycles. The number of rotatable bonds is 30. The summed E-state index contributed by atoms with van der Waals surface area (Å²) in [6.45, 7) is 4.10. The van der Waals surface area contributed by atoms with Crippen molar-refractivity contribution in [2.24, 2.45) is 0 Å². The van der Waals surface area contributed by atoms with E-state index in [1.54, 1.807) is 0 Å². The van der Waals surface area contributed by atoms with Gasteiger partial charge >= 0.3 is 11.9 Å². The Bertz CT molecular complexity index is 560. The van der Waals surface area contributed by atoms with E-state index in [-0.39, 0.29) is 25.2 Å². The van der Waals surface area contributed by atoms with Gasteiger partial charge in [0, 0.05) is 12.8 Å². The van der Waals surface area contributed by atoms with Gasteiger partial charge in [-0.25, -0.2) is 0 Å². The van der Waals surface area contributed by atoms with E-state index in [9.17, 15) is 14.7 Å². The zero-order valence-electron chi connectivity index (χ0n) is 25.9. The van der Waals surface area contributed by atoms with Crippen molar-refractivity contribution in [2.45, 2.75) is 180 Å². The van der Waals surface area contributed by atoms with Crippen LogP contribution in [0.2, 0.25) is 0 Å². The number of ether oxygens (including phenoxy) is 2. The Balaban J connectivity index is 3.58. The third-order valence-corrected chi connectivity index (χ3v) is 7.31. The number of hydrogen-bond acceptors (Lipinski definition) is 5. The molecule has 0 fully saturated rings. The van der Waals surface area contributed by atoms with E-state index in [0.717, 1.165) is 44.9 Å². The molecule has 5 heteroatoms. The Hall–Kier alpha value is -1.36. The highest BCUT2D eigenvalue weighted by atomic mass is 16.6. The Kier molecular flexibility index (Phi) is 30.1. The van der Waals surface area contributed by atoms with E-state index < -0.39 is 6.10 Å². The molecule has 0 radical (unpaired) electrons. The van der Waals surface area contributed by atoms with Gasteiger partial charge < -0.3 is 14.6 Å². The first-order valence-electron chi connectivity index (χ1n) is 16.7. The molecule has 0 rings (SSSR count). The molecule has 230 valence electrons. The lowest BCUT2D eigenvalue weighted by Gasteiger charge is -2.15. The number of hydrogen-bond donors (Lipinski definition) is 1. The topological polar surface area (TPSA) is 72.8 Å². The molecule has 1 atom stereocenters. The quantitative estimate of drug-likeness (QED) is 0.0545. The smallest absolute Gasteiger partial charge is 0.306 e. The molecule has 0 aliphatic heterocycles. The van der Waals surface area contributed by atoms with Gasteiger partial charge in [-0.05, 0) is 38.5 Å². The van der Waals surface area contributed by atoms with Crippen LogP contribution in [0.4, 0.5) is 0 Å². The molecular formula is C34H64O5. The van der Waals surface area contributed by atoms with Gasteiger partial charge in [0.2, 0.25) is 0 Å². The second kappa shape index (κ2) is 31.2. The maximum Gasteiger partial charge on any atom is 0.306 e. The number of carbonyl (C=O) groups excluding carboxylic acids is 2. The molecule has 0 unspecified atom stereocenters. The van der Waals surface area contributed by atoms with E-state index in [4.69, 9.17) is 9.47 Å². The summed E-state index contributed by atoms with van der Waals surface area (Å²) < 4.78 is 10.5. The number of allylic oxidation sites excluding steroid dienone is 2. The number of aliphatic hydroxyl groups is 1. The van der Waals surface area contributed by atoms with Crippen LogP contribution >= 0.6 is 0 Å². The van der Waals surface area contributed by atoms with E-state index in [1.165, 1.54) is 103 Å². The number of carbonyl (C=O) groups is 2. The van der Waals surface area contributed by atoms with Crippen molar-refractivity contribution in [1.29, 1.82) is 0 Å². The molecule has 0 aromatic rings. The van der Waals surface area contributed by atoms with E-state index in [2.05, 4.69) is 26.0 Å². The van der Waals surface area contributed by atoms with Gasteiger partial charge in [0.25, 0.3) is 0 Å². The SMILES string of the molecule is CCCCCCC=CCCCCCCCC(=O)OC[C@H](CO)OC(=O)CCCCCCCCCCCCCC. The van der Waals surface area contributed by atoms with Gasteiger partial charge in [-0.1, -0.05) is 135 Å². The van der Waals surface area contributed by atoms with Crippen LogP contribution in [0.25, 0.3) is 0 Å². The minimum absolute atomic E-state index is 0.0652. The molecule has 5 nitrogen and oxygen atoms in total. The Morgan fingerprint density at radius 2 is 0.949 bits per heavy atom. The molecule has 0 heterocycles. The largest absolute Gasteiger partial charge is 0.462 e. The molecule has 0 spiro atoms. The minimum Gasteiger partial charge on any atom is -0.462 e. The monoisotopic (exact) mass is 552 g/mol. The lowest BCUT2D eigenvalue weighted by Crippen LogP contribution is -2.28. The summed E-state index contributed by atoms with van der Waals surface area (Å²) >= 11 is 0. The zero-order chi connectivity index (χ0) is 28.7. The van der Waals surface area contributed by atoms with E-state index in [0.29, 0.717) is 12.8 Å². The summed E-state index contributed by atoms with van der Waals surface area (Å²) in [5.41, 5.74) is 0. The Morgan fingerprint density at radius 3 is 1.41 bits per heavy atom. The van der Waals surface area contributed by atoms with Crippen molar-refractivity contribution in [3.63, 3.8) is 0 Å². The molecular weight excluding hydrogens is 488 g/mol. The molecule has 39 heavy (non-hydrogen) atoms. The van der Waals surface area contributed by atoms with Crippen molar-refractivity contribution >= 4 is 11.9 Å². The van der Waals surface area contributed by atoms with Crippen LogP contribution in [0.1, 0.15) is 174 Å². The van der Waals surface area contributed by atoms with Gasteiger partial charge in [-0.15, -0.1) is 0 Å². The first kappa shape index (κ1) is 37.6. The maximum absolute atomic E-state index is 12.1. The molecule has 0 aliphatic carbocycles. The second-order valence-electron chi connectivity index (χ2n) is 11.2. The summed E-state index contributed by atoms with van der Waals surface area (Å²) in [5, 5.41) is 9.49. The van der Waals surface area contributed by atoms with Crippen molar-refractivity contribution in [1.82, 2.24) is 0 Å². The fourth-order valence-corrected chi connectivity index (χ4v) is 4.72. The first-order chi connectivity index (χ1) is 19.1. The first-order valence-corrected chi connectivity index (χ1v) is 16.7. The predicted molar refractivity (Wildman–Crippen MR) is 164 cm³/mol. The van der Waals surface area contributed by atoms with Gasteiger partial charge in [0.1, 0.15) is 6.61 Å². The zero-order valence-corrected chi connectivity index (χ0v) is 25.9. The van der Waals surface area contributed by atoms with Crippen LogP contribution < -0.4 is 0 Å². The number of aliphatic hydroxyl groups excluding tert-OH is 1. The Labute approximate surface area is 241 Å². The van der Waals surface area contributed by atoms with Gasteiger partial charge in [-0.2, -0.15) is 0 Å². The third-order valence-electron chi connectivity index (χ3n) is 7.31. The van der Waals surface area contributed by atoms with Crippen molar-refractivity contribution in [2.75, 3.05) is 13.2 Å². The average Bonchev–Trinajstić information content (AvgIpc) is 2.94. The van der Waals surface area contributed by atoms with Gasteiger partial charge in [0.15, 0.2) is 6.10 Å². The molecule has 0 aromatic carbocycles.